The lowest BCUT2D eigenvalue weighted by atomic mass is 10.0. The van der Waals surface area contributed by atoms with E-state index >= 15 is 0 Å². The highest BCUT2D eigenvalue weighted by Gasteiger charge is 2.38. The van der Waals surface area contributed by atoms with E-state index in [-0.39, 0.29) is 29.8 Å². The number of hydrogen-bond acceptors (Lipinski definition) is 3. The lowest BCUT2D eigenvalue weighted by Gasteiger charge is -2.30. The largest absolute Gasteiger partial charge is 0.329 e. The second-order valence-corrected chi connectivity index (χ2v) is 7.86. The maximum Gasteiger partial charge on any atom is 0.256 e. The third-order valence-corrected chi connectivity index (χ3v) is 5.43. The summed E-state index contributed by atoms with van der Waals surface area (Å²) in [5.74, 6) is -0.376. The van der Waals surface area contributed by atoms with Gasteiger partial charge in [-0.2, -0.15) is 5.10 Å². The summed E-state index contributed by atoms with van der Waals surface area (Å²) >= 11 is 0. The van der Waals surface area contributed by atoms with Gasteiger partial charge in [0.1, 0.15) is 5.82 Å². The molecule has 146 valence electrons. The lowest BCUT2D eigenvalue weighted by molar-refractivity contribution is 0.0670. The van der Waals surface area contributed by atoms with Gasteiger partial charge in [-0.1, -0.05) is 18.2 Å². The summed E-state index contributed by atoms with van der Waals surface area (Å²) in [7, 11) is 0. The molecule has 3 aromatic rings. The number of fused-ring (bicyclic) bond motifs is 1. The minimum Gasteiger partial charge on any atom is -0.329 e. The van der Waals surface area contributed by atoms with Crippen LogP contribution in [0, 0.1) is 12.7 Å². The summed E-state index contributed by atoms with van der Waals surface area (Å²) < 4.78 is 16.2. The van der Waals surface area contributed by atoms with Crippen molar-refractivity contribution in [2.24, 2.45) is 0 Å². The molecule has 1 aliphatic carbocycles. The summed E-state index contributed by atoms with van der Waals surface area (Å²) in [5, 5.41) is 5.25. The maximum atomic E-state index is 14.4. The van der Waals surface area contributed by atoms with E-state index in [1.165, 1.54) is 6.07 Å². The molecule has 0 saturated heterocycles. The monoisotopic (exact) mass is 380 g/mol. The number of aryl methyl sites for hydroxylation is 1. The Morgan fingerprint density at radius 2 is 1.96 bits per heavy atom. The Morgan fingerprint density at radius 3 is 2.61 bits per heavy atom. The van der Waals surface area contributed by atoms with Crippen LogP contribution < -0.4 is 0 Å². The Morgan fingerprint density at radius 1 is 1.25 bits per heavy atom. The number of amides is 1. The first kappa shape index (κ1) is 18.6. The van der Waals surface area contributed by atoms with Crippen molar-refractivity contribution < 1.29 is 9.18 Å². The molecule has 1 amide bonds. The van der Waals surface area contributed by atoms with E-state index < -0.39 is 0 Å². The van der Waals surface area contributed by atoms with E-state index in [1.54, 1.807) is 18.3 Å². The molecule has 0 bridgehead atoms. The van der Waals surface area contributed by atoms with Gasteiger partial charge in [-0.05, 0) is 52.7 Å². The molecular formula is C22H25FN4O. The van der Waals surface area contributed by atoms with Crippen molar-refractivity contribution in [3.05, 3.63) is 59.2 Å². The fraction of sp³-hybridized carbons (Fsp3) is 0.409. The van der Waals surface area contributed by atoms with Crippen molar-refractivity contribution >= 4 is 16.9 Å². The van der Waals surface area contributed by atoms with Crippen LogP contribution in [0.4, 0.5) is 4.39 Å². The predicted molar refractivity (Wildman–Crippen MR) is 107 cm³/mol. The highest BCUT2D eigenvalue weighted by molar-refractivity contribution is 5.98. The maximum absolute atomic E-state index is 14.4. The van der Waals surface area contributed by atoms with Gasteiger partial charge >= 0.3 is 0 Å². The number of carbonyl (C=O) groups is 1. The first-order valence-electron chi connectivity index (χ1n) is 9.80. The van der Waals surface area contributed by atoms with Gasteiger partial charge in [-0.15, -0.1) is 0 Å². The van der Waals surface area contributed by atoms with Gasteiger partial charge in [0.25, 0.3) is 5.91 Å². The highest BCUT2D eigenvalue weighted by Crippen LogP contribution is 2.37. The molecule has 0 spiro atoms. The number of carbonyl (C=O) groups excluding carboxylic acids is 1. The van der Waals surface area contributed by atoms with E-state index in [0.717, 1.165) is 23.9 Å². The van der Waals surface area contributed by atoms with Crippen molar-refractivity contribution in [2.45, 2.75) is 58.7 Å². The molecule has 1 fully saturated rings. The molecule has 1 aliphatic rings. The Balaban J connectivity index is 1.74. The molecule has 4 rings (SSSR count). The first-order chi connectivity index (χ1) is 13.4. The molecule has 2 aromatic heterocycles. The minimum absolute atomic E-state index is 0.0950. The molecule has 28 heavy (non-hydrogen) atoms. The average Bonchev–Trinajstić information content (AvgIpc) is 3.39. The van der Waals surface area contributed by atoms with Crippen LogP contribution in [-0.2, 0) is 0 Å². The zero-order valence-corrected chi connectivity index (χ0v) is 16.7. The molecule has 1 atom stereocenters. The van der Waals surface area contributed by atoms with E-state index in [1.807, 2.05) is 49.4 Å². The number of rotatable bonds is 5. The van der Waals surface area contributed by atoms with E-state index in [2.05, 4.69) is 10.1 Å². The zero-order valence-electron chi connectivity index (χ0n) is 16.7. The van der Waals surface area contributed by atoms with Crippen molar-refractivity contribution in [2.75, 3.05) is 0 Å². The van der Waals surface area contributed by atoms with Crippen LogP contribution in [0.15, 0.2) is 36.5 Å². The van der Waals surface area contributed by atoms with E-state index in [4.69, 9.17) is 0 Å². The topological polar surface area (TPSA) is 51.0 Å². The highest BCUT2D eigenvalue weighted by atomic mass is 19.1. The van der Waals surface area contributed by atoms with Crippen LogP contribution in [0.25, 0.3) is 11.0 Å². The van der Waals surface area contributed by atoms with Crippen molar-refractivity contribution in [3.63, 3.8) is 0 Å². The summed E-state index contributed by atoms with van der Waals surface area (Å²) in [5.41, 5.74) is 2.56. The molecule has 0 radical (unpaired) electrons. The molecular weight excluding hydrogens is 355 g/mol. The molecule has 2 heterocycles. The fourth-order valence-electron chi connectivity index (χ4n) is 3.77. The Bertz CT molecular complexity index is 1040. The van der Waals surface area contributed by atoms with Crippen LogP contribution in [0.5, 0.6) is 0 Å². The van der Waals surface area contributed by atoms with E-state index in [0.29, 0.717) is 16.8 Å². The first-order valence-corrected chi connectivity index (χ1v) is 9.80. The van der Waals surface area contributed by atoms with Gasteiger partial charge in [0.05, 0.1) is 23.5 Å². The van der Waals surface area contributed by atoms with Crippen molar-refractivity contribution in [1.29, 1.82) is 0 Å². The lowest BCUT2D eigenvalue weighted by Crippen LogP contribution is -2.36. The quantitative estimate of drug-likeness (QED) is 0.637. The SMILES string of the molecule is Cc1nc2c(cnn2C(C)C)cc1C(=O)N(C1CC1)C(C)c1ccccc1F. The smallest absolute Gasteiger partial charge is 0.256 e. The second kappa shape index (κ2) is 7.00. The fourth-order valence-corrected chi connectivity index (χ4v) is 3.77. The van der Waals surface area contributed by atoms with E-state index in [9.17, 15) is 9.18 Å². The van der Waals surface area contributed by atoms with Gasteiger partial charge in [-0.3, -0.25) is 4.79 Å². The average molecular weight is 380 g/mol. The Kier molecular flexibility index (Phi) is 4.65. The summed E-state index contributed by atoms with van der Waals surface area (Å²) in [6.45, 7) is 7.84. The zero-order chi connectivity index (χ0) is 20.0. The summed E-state index contributed by atoms with van der Waals surface area (Å²) in [6.07, 6.45) is 3.65. The van der Waals surface area contributed by atoms with Gasteiger partial charge in [0, 0.05) is 23.0 Å². The molecule has 1 unspecified atom stereocenters. The van der Waals surface area contributed by atoms with Gasteiger partial charge in [-0.25, -0.2) is 14.1 Å². The van der Waals surface area contributed by atoms with Gasteiger partial charge in [0.15, 0.2) is 5.65 Å². The van der Waals surface area contributed by atoms with Crippen molar-refractivity contribution in [1.82, 2.24) is 19.7 Å². The van der Waals surface area contributed by atoms with Crippen molar-refractivity contribution in [3.8, 4) is 0 Å². The van der Waals surface area contributed by atoms with Crippen LogP contribution in [0.2, 0.25) is 0 Å². The van der Waals surface area contributed by atoms with Gasteiger partial charge in [0.2, 0.25) is 0 Å². The Labute approximate surface area is 164 Å². The number of hydrogen-bond donors (Lipinski definition) is 0. The number of nitrogens with zero attached hydrogens (tertiary/aromatic N) is 4. The van der Waals surface area contributed by atoms with Crippen LogP contribution in [0.1, 0.15) is 67.3 Å². The summed E-state index contributed by atoms with van der Waals surface area (Å²) in [6, 6.07) is 8.55. The third kappa shape index (κ3) is 3.17. The molecule has 1 saturated carbocycles. The second-order valence-electron chi connectivity index (χ2n) is 7.86. The minimum atomic E-state index is -0.338. The number of pyridine rings is 1. The van der Waals surface area contributed by atoms with Gasteiger partial charge < -0.3 is 4.90 Å². The normalized spacial score (nSPS) is 15.2. The number of benzene rings is 1. The summed E-state index contributed by atoms with van der Waals surface area (Å²) in [4.78, 5) is 20.0. The molecule has 5 nitrogen and oxygen atoms in total. The number of halogens is 1. The number of aromatic nitrogens is 3. The predicted octanol–water partition coefficient (Wildman–Crippen LogP) is 4.83. The molecule has 0 aliphatic heterocycles. The molecule has 1 aromatic carbocycles. The molecule has 6 heteroatoms. The third-order valence-electron chi connectivity index (χ3n) is 5.43. The van der Waals surface area contributed by atoms with Crippen LogP contribution >= 0.6 is 0 Å². The molecule has 0 N–H and O–H groups in total. The van der Waals surface area contributed by atoms with Crippen LogP contribution in [-0.4, -0.2) is 31.6 Å². The standard InChI is InChI=1S/C22H25FN4O/c1-13(2)27-21-16(12-24-27)11-19(14(3)25-21)22(28)26(17-9-10-17)15(4)18-7-5-6-8-20(18)23/h5-8,11-13,15,17H,9-10H2,1-4H3. The van der Waals surface area contributed by atoms with Crippen LogP contribution in [0.3, 0.4) is 0 Å². The Hall–Kier alpha value is -2.76.